The lowest BCUT2D eigenvalue weighted by atomic mass is 9.91. The molecule has 2 N–H and O–H groups in total. The van der Waals surface area contributed by atoms with Gasteiger partial charge in [-0.05, 0) is 65.7 Å². The first-order chi connectivity index (χ1) is 16.0. The van der Waals surface area contributed by atoms with Gasteiger partial charge in [-0.3, -0.25) is 4.79 Å². The summed E-state index contributed by atoms with van der Waals surface area (Å²) in [6.07, 6.45) is 10.7. The topological polar surface area (TPSA) is 89.1 Å². The predicted octanol–water partition coefficient (Wildman–Crippen LogP) is 6.15. The molecule has 0 bridgehead atoms. The van der Waals surface area contributed by atoms with E-state index in [9.17, 15) is 15.0 Å². The number of hydrogen-bond acceptors (Lipinski definition) is 6. The highest BCUT2D eigenvalue weighted by atomic mass is 16.5. The molecule has 0 fully saturated rings. The van der Waals surface area contributed by atoms with E-state index in [4.69, 9.17) is 13.9 Å². The van der Waals surface area contributed by atoms with Crippen LogP contribution in [-0.2, 0) is 6.42 Å². The summed E-state index contributed by atoms with van der Waals surface area (Å²) in [6.45, 7) is 9.81. The van der Waals surface area contributed by atoms with Crippen molar-refractivity contribution in [2.75, 3.05) is 0 Å². The molecule has 34 heavy (non-hydrogen) atoms. The van der Waals surface area contributed by atoms with Crippen molar-refractivity contribution < 1.29 is 24.1 Å². The molecule has 1 aromatic heterocycles. The van der Waals surface area contributed by atoms with Gasteiger partial charge < -0.3 is 24.1 Å². The van der Waals surface area contributed by atoms with Crippen LogP contribution < -0.4 is 14.9 Å². The molecular formula is C28H28O6. The molecule has 0 aliphatic carbocycles. The number of ether oxygens (including phenoxy) is 2. The van der Waals surface area contributed by atoms with E-state index in [1.807, 2.05) is 58.9 Å². The van der Waals surface area contributed by atoms with Crippen LogP contribution in [-0.4, -0.2) is 21.4 Å². The van der Waals surface area contributed by atoms with E-state index in [1.54, 1.807) is 12.1 Å². The minimum absolute atomic E-state index is 0.0730. The van der Waals surface area contributed by atoms with E-state index in [0.717, 1.165) is 5.57 Å². The van der Waals surface area contributed by atoms with Crippen molar-refractivity contribution in [1.29, 1.82) is 0 Å². The van der Waals surface area contributed by atoms with Crippen molar-refractivity contribution in [2.45, 2.75) is 58.7 Å². The monoisotopic (exact) mass is 460 g/mol. The van der Waals surface area contributed by atoms with Gasteiger partial charge in [-0.25, -0.2) is 0 Å². The molecule has 176 valence electrons. The third-order valence-electron chi connectivity index (χ3n) is 6.39. The van der Waals surface area contributed by atoms with E-state index in [1.165, 1.54) is 6.07 Å². The van der Waals surface area contributed by atoms with Gasteiger partial charge in [0.1, 0.15) is 39.3 Å². The fraction of sp³-hybridized carbons (Fsp3) is 0.321. The number of phenolic OH excluding ortho intramolecular Hbond substituents is 2. The van der Waals surface area contributed by atoms with Crippen LogP contribution in [0.2, 0.25) is 0 Å². The molecule has 0 saturated carbocycles. The minimum Gasteiger partial charge on any atom is -0.506 e. The molecule has 3 aromatic rings. The average molecular weight is 461 g/mol. The van der Waals surface area contributed by atoms with Gasteiger partial charge in [-0.15, -0.1) is 0 Å². The van der Waals surface area contributed by atoms with Crippen LogP contribution in [0.25, 0.3) is 28.0 Å². The molecule has 3 heterocycles. The predicted molar refractivity (Wildman–Crippen MR) is 133 cm³/mol. The standard InChI is InChI=1S/C28H28O6/c1-15(2)7-6-10-28(5)12-9-16-19(33-28)14-21-23(24(16)30)25(31)22-17-8-11-27(3,4)34-26(17)18(29)13-20(22)32-21/h6-7,9-10,12-14,29-30H,8,11H2,1-5H3/b10-6+. The summed E-state index contributed by atoms with van der Waals surface area (Å²) in [5.74, 6) is 0.450. The number of hydrogen-bond donors (Lipinski definition) is 2. The third-order valence-corrected chi connectivity index (χ3v) is 6.39. The van der Waals surface area contributed by atoms with Gasteiger partial charge in [0.2, 0.25) is 5.43 Å². The lowest BCUT2D eigenvalue weighted by Gasteiger charge is -2.33. The van der Waals surface area contributed by atoms with Gasteiger partial charge in [0, 0.05) is 17.7 Å². The first-order valence-electron chi connectivity index (χ1n) is 11.4. The van der Waals surface area contributed by atoms with Gasteiger partial charge in [0.25, 0.3) is 0 Å². The second-order valence-corrected chi connectivity index (χ2v) is 10.1. The average Bonchev–Trinajstić information content (AvgIpc) is 2.73. The molecule has 1 unspecified atom stereocenters. The van der Waals surface area contributed by atoms with E-state index in [2.05, 4.69) is 0 Å². The van der Waals surface area contributed by atoms with Gasteiger partial charge in [0.15, 0.2) is 11.5 Å². The smallest absolute Gasteiger partial charge is 0.204 e. The fourth-order valence-corrected chi connectivity index (χ4v) is 4.58. The Hall–Kier alpha value is -3.67. The fourth-order valence-electron chi connectivity index (χ4n) is 4.58. The normalized spacial score (nSPS) is 20.6. The first-order valence-corrected chi connectivity index (χ1v) is 11.4. The summed E-state index contributed by atoms with van der Waals surface area (Å²) in [5.41, 5.74) is 1.09. The third kappa shape index (κ3) is 3.54. The van der Waals surface area contributed by atoms with E-state index in [0.29, 0.717) is 40.9 Å². The number of aryl methyl sites for hydroxylation is 1. The first kappa shape index (κ1) is 22.1. The zero-order valence-electron chi connectivity index (χ0n) is 20.0. The van der Waals surface area contributed by atoms with E-state index >= 15 is 0 Å². The van der Waals surface area contributed by atoms with Crippen molar-refractivity contribution in [3.63, 3.8) is 0 Å². The molecule has 0 spiro atoms. The molecule has 0 radical (unpaired) electrons. The Morgan fingerprint density at radius 2 is 1.79 bits per heavy atom. The van der Waals surface area contributed by atoms with Gasteiger partial charge in [0.05, 0.1) is 10.9 Å². The SMILES string of the molecule is CC(C)=C/C=C/C1(C)C=Cc2c(cc3oc4cc(O)c5c(c4c(=O)c3c2O)CCC(C)(C)O5)O1. The van der Waals surface area contributed by atoms with Crippen LogP contribution in [0.4, 0.5) is 0 Å². The van der Waals surface area contributed by atoms with Crippen LogP contribution in [0.15, 0.2) is 51.2 Å². The maximum Gasteiger partial charge on any atom is 0.204 e. The molecule has 2 aliphatic heterocycles. The molecule has 2 aliphatic rings. The molecule has 1 atom stereocenters. The largest absolute Gasteiger partial charge is 0.506 e. The lowest BCUT2D eigenvalue weighted by Crippen LogP contribution is -2.33. The number of rotatable bonds is 2. The Morgan fingerprint density at radius 1 is 1.06 bits per heavy atom. The number of allylic oxidation sites excluding steroid dienone is 3. The summed E-state index contributed by atoms with van der Waals surface area (Å²) >= 11 is 0. The molecule has 6 nitrogen and oxygen atoms in total. The quantitative estimate of drug-likeness (QED) is 0.352. The number of phenols is 2. The van der Waals surface area contributed by atoms with Crippen LogP contribution in [0, 0.1) is 0 Å². The summed E-state index contributed by atoms with van der Waals surface area (Å²) < 4.78 is 18.2. The second kappa shape index (κ2) is 7.42. The van der Waals surface area contributed by atoms with E-state index < -0.39 is 11.2 Å². The van der Waals surface area contributed by atoms with Gasteiger partial charge in [-0.1, -0.05) is 17.7 Å². The Morgan fingerprint density at radius 3 is 2.53 bits per heavy atom. The van der Waals surface area contributed by atoms with Crippen LogP contribution >= 0.6 is 0 Å². The van der Waals surface area contributed by atoms with Crippen molar-refractivity contribution >= 4 is 28.0 Å². The summed E-state index contributed by atoms with van der Waals surface area (Å²) in [5, 5.41) is 22.1. The Labute approximate surface area is 197 Å². The highest BCUT2D eigenvalue weighted by molar-refractivity contribution is 5.99. The lowest BCUT2D eigenvalue weighted by molar-refractivity contribution is 0.0811. The number of aromatic hydroxyl groups is 2. The summed E-state index contributed by atoms with van der Waals surface area (Å²) in [7, 11) is 0. The highest BCUT2D eigenvalue weighted by Gasteiger charge is 2.33. The summed E-state index contributed by atoms with van der Waals surface area (Å²) in [6, 6.07) is 3.03. The molecule has 0 saturated heterocycles. The summed E-state index contributed by atoms with van der Waals surface area (Å²) in [4.78, 5) is 13.6. The zero-order chi connectivity index (χ0) is 24.4. The Balaban J connectivity index is 1.71. The molecule has 6 heteroatoms. The highest BCUT2D eigenvalue weighted by Crippen LogP contribution is 2.46. The number of fused-ring (bicyclic) bond motifs is 5. The molecule has 0 amide bonds. The maximum absolute atomic E-state index is 13.6. The molecule has 5 rings (SSSR count). The van der Waals surface area contributed by atoms with Crippen molar-refractivity contribution in [3.05, 3.63) is 63.4 Å². The second-order valence-electron chi connectivity index (χ2n) is 10.1. The minimum atomic E-state index is -0.725. The van der Waals surface area contributed by atoms with Gasteiger partial charge >= 0.3 is 0 Å². The Kier molecular flexibility index (Phi) is 4.83. The van der Waals surface area contributed by atoms with Crippen molar-refractivity contribution in [2.24, 2.45) is 0 Å². The molecular weight excluding hydrogens is 432 g/mol. The van der Waals surface area contributed by atoms with Crippen molar-refractivity contribution in [3.8, 4) is 23.0 Å². The van der Waals surface area contributed by atoms with Gasteiger partial charge in [-0.2, -0.15) is 0 Å². The van der Waals surface area contributed by atoms with Crippen LogP contribution in [0.5, 0.6) is 23.0 Å². The molecule has 2 aromatic carbocycles. The zero-order valence-corrected chi connectivity index (χ0v) is 20.0. The Bertz CT molecular complexity index is 1500. The van der Waals surface area contributed by atoms with Crippen LogP contribution in [0.3, 0.4) is 0 Å². The maximum atomic E-state index is 13.6. The van der Waals surface area contributed by atoms with Crippen molar-refractivity contribution in [1.82, 2.24) is 0 Å². The number of benzene rings is 2. The van der Waals surface area contributed by atoms with Crippen LogP contribution in [0.1, 0.15) is 52.2 Å². The van der Waals surface area contributed by atoms with E-state index in [-0.39, 0.29) is 33.5 Å².